The van der Waals surface area contributed by atoms with Gasteiger partial charge >= 0.3 is 11.9 Å². The lowest BCUT2D eigenvalue weighted by molar-refractivity contribution is -0.134. The Morgan fingerprint density at radius 3 is 1.50 bits per heavy atom. The number of nitrogens with zero attached hydrogens (tertiary/aromatic N) is 2. The highest BCUT2D eigenvalue weighted by atomic mass is 31.2. The molecule has 3 aromatic carbocycles. The normalized spacial score (nSPS) is 11.8. The van der Waals surface area contributed by atoms with Gasteiger partial charge in [0.25, 0.3) is 0 Å². The van der Waals surface area contributed by atoms with Crippen LogP contribution in [0.3, 0.4) is 0 Å². The van der Waals surface area contributed by atoms with Gasteiger partial charge in [0.15, 0.2) is 5.71 Å². The summed E-state index contributed by atoms with van der Waals surface area (Å²) in [6, 6.07) is 29.6. The molecule has 7 heteroatoms. The molecule has 0 spiro atoms. The molecule has 3 rings (SSSR count). The van der Waals surface area contributed by atoms with Crippen LogP contribution in [0.25, 0.3) is 0 Å². The number of carbonyl (C=O) groups excluding carboxylic acids is 2. The van der Waals surface area contributed by atoms with Crippen LogP contribution in [-0.2, 0) is 19.1 Å². The molecule has 32 heavy (non-hydrogen) atoms. The summed E-state index contributed by atoms with van der Waals surface area (Å²) in [4.78, 5) is 28.7. The third-order valence-corrected chi connectivity index (χ3v) is 8.14. The number of hydrogen-bond acceptors (Lipinski definition) is 5. The molecule has 3 aromatic rings. The van der Waals surface area contributed by atoms with Gasteiger partial charge in [-0.05, 0) is 6.08 Å². The van der Waals surface area contributed by atoms with Crippen molar-refractivity contribution in [1.29, 1.82) is 0 Å². The topological polar surface area (TPSA) is 77.3 Å². The molecular formula is C25H23N2O4P. The van der Waals surface area contributed by atoms with Gasteiger partial charge in [-0.3, -0.25) is 0 Å². The second-order valence-corrected chi connectivity index (χ2v) is 9.56. The highest BCUT2D eigenvalue weighted by Gasteiger charge is 2.28. The second kappa shape index (κ2) is 11.0. The molecule has 0 aliphatic carbocycles. The molecule has 0 radical (unpaired) electrons. The largest absolute Gasteiger partial charge is 0.466 e. The fraction of sp³-hybridized carbons (Fsp3) is 0.0800. The zero-order valence-corrected chi connectivity index (χ0v) is 18.7. The SMILES string of the molecule is COC(=O)/C=C/C(=N/N=P(c1ccccc1)(c1ccccc1)c1ccccc1)C(=O)OC. The van der Waals surface area contributed by atoms with Crippen LogP contribution in [0.15, 0.2) is 113 Å². The molecule has 0 aliphatic rings. The summed E-state index contributed by atoms with van der Waals surface area (Å²) in [7, 11) is -0.131. The van der Waals surface area contributed by atoms with E-state index in [0.717, 1.165) is 22.0 Å². The summed E-state index contributed by atoms with van der Waals surface area (Å²) in [6.07, 6.45) is 2.36. The van der Waals surface area contributed by atoms with Gasteiger partial charge in [-0.25, -0.2) is 9.59 Å². The van der Waals surface area contributed by atoms with E-state index >= 15 is 0 Å². The Bertz CT molecular complexity index is 1070. The Morgan fingerprint density at radius 1 is 0.688 bits per heavy atom. The lowest BCUT2D eigenvalue weighted by Crippen LogP contribution is -2.25. The minimum absolute atomic E-state index is 0.106. The Kier molecular flexibility index (Phi) is 7.90. The maximum atomic E-state index is 12.3. The zero-order valence-electron chi connectivity index (χ0n) is 17.8. The molecule has 0 saturated heterocycles. The molecule has 0 aromatic heterocycles. The minimum atomic E-state index is -2.63. The highest BCUT2D eigenvalue weighted by molar-refractivity contribution is 7.87. The summed E-state index contributed by atoms with van der Waals surface area (Å²) >= 11 is 0. The van der Waals surface area contributed by atoms with Crippen molar-refractivity contribution in [2.75, 3.05) is 14.2 Å². The van der Waals surface area contributed by atoms with Crippen LogP contribution >= 0.6 is 7.05 Å². The summed E-state index contributed by atoms with van der Waals surface area (Å²) < 4.78 is 9.45. The fourth-order valence-corrected chi connectivity index (χ4v) is 6.36. The van der Waals surface area contributed by atoms with E-state index in [9.17, 15) is 9.59 Å². The zero-order chi connectivity index (χ0) is 22.8. The summed E-state index contributed by atoms with van der Waals surface area (Å²) in [5, 5.41) is 7.25. The van der Waals surface area contributed by atoms with Crippen LogP contribution in [0, 0.1) is 0 Å². The monoisotopic (exact) mass is 446 g/mol. The van der Waals surface area contributed by atoms with Crippen LogP contribution in [-0.4, -0.2) is 31.9 Å². The Balaban J connectivity index is 2.36. The van der Waals surface area contributed by atoms with Gasteiger partial charge in [0.2, 0.25) is 0 Å². The van der Waals surface area contributed by atoms with Crippen molar-refractivity contribution in [3.63, 3.8) is 0 Å². The Hall–Kier alpha value is -3.76. The van der Waals surface area contributed by atoms with Crippen molar-refractivity contribution in [2.45, 2.75) is 0 Å². The average Bonchev–Trinajstić information content (AvgIpc) is 2.87. The van der Waals surface area contributed by atoms with E-state index in [-0.39, 0.29) is 5.71 Å². The Morgan fingerprint density at radius 2 is 1.12 bits per heavy atom. The quantitative estimate of drug-likeness (QED) is 0.183. The number of benzene rings is 3. The van der Waals surface area contributed by atoms with Crippen LogP contribution in [0.2, 0.25) is 0 Å². The molecule has 0 saturated carbocycles. The molecular weight excluding hydrogens is 423 g/mol. The number of hydrogen-bond donors (Lipinski definition) is 0. The molecule has 0 atom stereocenters. The van der Waals surface area contributed by atoms with Crippen molar-refractivity contribution < 1.29 is 19.1 Å². The van der Waals surface area contributed by atoms with E-state index in [0.29, 0.717) is 0 Å². The van der Waals surface area contributed by atoms with Crippen LogP contribution < -0.4 is 15.9 Å². The average molecular weight is 446 g/mol. The standard InChI is InChI=1S/C25H23N2O4P/c1-30-24(28)19-18-23(25(29)31-2)26-27-32(20-12-6-3-7-13-20,21-14-8-4-9-15-21)22-16-10-5-11-17-22/h3-19H,1-2H3/b19-18+,26-23-. The van der Waals surface area contributed by atoms with Crippen molar-refractivity contribution in [1.82, 2.24) is 0 Å². The molecule has 0 heterocycles. The van der Waals surface area contributed by atoms with E-state index in [1.807, 2.05) is 91.0 Å². The van der Waals surface area contributed by atoms with E-state index in [4.69, 9.17) is 9.59 Å². The molecule has 6 nitrogen and oxygen atoms in total. The van der Waals surface area contributed by atoms with Gasteiger partial charge in [0.1, 0.15) is 0 Å². The Labute approximate surface area is 187 Å². The predicted molar refractivity (Wildman–Crippen MR) is 128 cm³/mol. The highest BCUT2D eigenvalue weighted by Crippen LogP contribution is 2.46. The van der Waals surface area contributed by atoms with Crippen LogP contribution in [0.5, 0.6) is 0 Å². The first-order valence-corrected chi connectivity index (χ1v) is 11.6. The van der Waals surface area contributed by atoms with Crippen LogP contribution in [0.4, 0.5) is 0 Å². The van der Waals surface area contributed by atoms with Gasteiger partial charge < -0.3 is 9.47 Å². The first kappa shape index (κ1) is 22.9. The van der Waals surface area contributed by atoms with Crippen molar-refractivity contribution >= 4 is 40.6 Å². The van der Waals surface area contributed by atoms with Gasteiger partial charge in [-0.15, -0.1) is 5.10 Å². The number of rotatable bonds is 7. The van der Waals surface area contributed by atoms with Gasteiger partial charge in [-0.1, -0.05) is 91.0 Å². The van der Waals surface area contributed by atoms with Crippen molar-refractivity contribution in [2.24, 2.45) is 9.96 Å². The first-order valence-electron chi connectivity index (χ1n) is 9.82. The number of esters is 2. The third-order valence-electron chi connectivity index (χ3n) is 4.65. The number of ether oxygens (including phenoxy) is 2. The second-order valence-electron chi connectivity index (χ2n) is 6.56. The molecule has 162 valence electrons. The van der Waals surface area contributed by atoms with Gasteiger partial charge in [0.05, 0.1) is 21.3 Å². The van der Waals surface area contributed by atoms with E-state index in [1.165, 1.54) is 20.3 Å². The fourth-order valence-electron chi connectivity index (χ4n) is 3.11. The number of carbonyl (C=O) groups is 2. The summed E-state index contributed by atoms with van der Waals surface area (Å²) in [6.45, 7) is 0. The maximum absolute atomic E-state index is 12.3. The summed E-state index contributed by atoms with van der Waals surface area (Å²) in [5.41, 5.74) is -0.106. The van der Waals surface area contributed by atoms with Crippen molar-refractivity contribution in [3.05, 3.63) is 103 Å². The molecule has 0 aliphatic heterocycles. The molecule has 0 N–H and O–H groups in total. The van der Waals surface area contributed by atoms with Crippen molar-refractivity contribution in [3.8, 4) is 0 Å². The summed E-state index contributed by atoms with van der Waals surface area (Å²) in [5.74, 6) is -1.32. The lowest BCUT2D eigenvalue weighted by atomic mass is 10.3. The first-order chi connectivity index (χ1) is 15.6. The molecule has 0 bridgehead atoms. The maximum Gasteiger partial charge on any atom is 0.358 e. The predicted octanol–water partition coefficient (Wildman–Crippen LogP) is 3.42. The minimum Gasteiger partial charge on any atom is -0.466 e. The smallest absolute Gasteiger partial charge is 0.358 e. The molecule has 0 amide bonds. The molecule has 0 fully saturated rings. The van der Waals surface area contributed by atoms with E-state index < -0.39 is 19.0 Å². The van der Waals surface area contributed by atoms with Gasteiger partial charge in [0, 0.05) is 22.0 Å². The van der Waals surface area contributed by atoms with Gasteiger partial charge in [-0.2, -0.15) is 4.85 Å². The molecule has 0 unspecified atom stereocenters. The van der Waals surface area contributed by atoms with E-state index in [1.54, 1.807) is 0 Å². The third kappa shape index (κ3) is 5.10. The lowest BCUT2D eigenvalue weighted by Gasteiger charge is -2.25. The number of methoxy groups -OCH3 is 2. The van der Waals surface area contributed by atoms with Crippen LogP contribution in [0.1, 0.15) is 0 Å². The van der Waals surface area contributed by atoms with E-state index in [2.05, 4.69) is 9.84 Å².